The lowest BCUT2D eigenvalue weighted by molar-refractivity contribution is 0.222. The van der Waals surface area contributed by atoms with Crippen LogP contribution in [-0.4, -0.2) is 31.1 Å². The molecule has 0 fully saturated rings. The van der Waals surface area contributed by atoms with Crippen LogP contribution in [0, 0.1) is 0 Å². The van der Waals surface area contributed by atoms with Gasteiger partial charge in [0.1, 0.15) is 5.75 Å². The van der Waals surface area contributed by atoms with Crippen molar-refractivity contribution in [3.05, 3.63) is 60.2 Å². The van der Waals surface area contributed by atoms with Crippen LogP contribution in [0.4, 0.5) is 10.5 Å². The summed E-state index contributed by atoms with van der Waals surface area (Å²) in [5, 5.41) is 2.79. The van der Waals surface area contributed by atoms with Crippen molar-refractivity contribution in [1.82, 2.24) is 4.90 Å². The van der Waals surface area contributed by atoms with Crippen LogP contribution >= 0.6 is 0 Å². The molecule has 0 aromatic heterocycles. The monoisotopic (exact) mass is 298 g/mol. The zero-order valence-corrected chi connectivity index (χ0v) is 13.2. The molecule has 0 saturated carbocycles. The summed E-state index contributed by atoms with van der Waals surface area (Å²) in [5.41, 5.74) is 2.01. The van der Waals surface area contributed by atoms with Gasteiger partial charge in [0.25, 0.3) is 0 Å². The van der Waals surface area contributed by atoms with Gasteiger partial charge in [-0.25, -0.2) is 4.79 Å². The number of nitrogens with one attached hydrogen (secondary N) is 1. The first-order valence-electron chi connectivity index (χ1n) is 7.33. The Labute approximate surface area is 131 Å². The molecule has 0 aliphatic rings. The third-order valence-electron chi connectivity index (χ3n) is 3.22. The highest BCUT2D eigenvalue weighted by Crippen LogP contribution is 2.18. The normalized spacial score (nSPS) is 11.6. The topological polar surface area (TPSA) is 41.6 Å². The molecule has 4 heteroatoms. The molecule has 0 radical (unpaired) electrons. The van der Waals surface area contributed by atoms with Crippen LogP contribution in [0.3, 0.4) is 0 Å². The van der Waals surface area contributed by atoms with E-state index in [4.69, 9.17) is 4.74 Å². The fraction of sp³-hybridized carbons (Fsp3) is 0.278. The summed E-state index contributed by atoms with van der Waals surface area (Å²) in [5.74, 6) is 0.797. The highest BCUT2D eigenvalue weighted by molar-refractivity contribution is 5.88. The highest BCUT2D eigenvalue weighted by atomic mass is 16.5. The summed E-state index contributed by atoms with van der Waals surface area (Å²) in [7, 11) is 3.41. The first kappa shape index (κ1) is 15.9. The molecule has 2 aromatic rings. The third kappa shape index (κ3) is 4.81. The summed E-state index contributed by atoms with van der Waals surface area (Å²) in [6.07, 6.45) is 0.949. The van der Waals surface area contributed by atoms with Gasteiger partial charge in [-0.1, -0.05) is 30.3 Å². The zero-order valence-electron chi connectivity index (χ0n) is 13.2. The quantitative estimate of drug-likeness (QED) is 0.912. The number of carbonyl (C=O) groups excluding carboxylic acids is 1. The van der Waals surface area contributed by atoms with Gasteiger partial charge in [-0.05, 0) is 36.8 Å². The summed E-state index contributed by atoms with van der Waals surface area (Å²) >= 11 is 0. The lowest BCUT2D eigenvalue weighted by atomic mass is 10.1. The van der Waals surface area contributed by atoms with Crippen molar-refractivity contribution in [2.45, 2.75) is 19.4 Å². The Morgan fingerprint density at radius 1 is 1.09 bits per heavy atom. The second-order valence-corrected chi connectivity index (χ2v) is 5.47. The molecule has 0 heterocycles. The molecule has 0 bridgehead atoms. The number of carbonyl (C=O) groups is 1. The number of benzene rings is 2. The van der Waals surface area contributed by atoms with E-state index in [2.05, 4.69) is 24.4 Å². The molecule has 1 unspecified atom stereocenters. The maximum atomic E-state index is 11.6. The lowest BCUT2D eigenvalue weighted by Gasteiger charge is -2.16. The van der Waals surface area contributed by atoms with E-state index in [1.807, 2.05) is 42.5 Å². The van der Waals surface area contributed by atoms with Gasteiger partial charge in [-0.2, -0.15) is 0 Å². The minimum atomic E-state index is -0.147. The molecule has 1 N–H and O–H groups in total. The van der Waals surface area contributed by atoms with Gasteiger partial charge in [-0.3, -0.25) is 0 Å². The van der Waals surface area contributed by atoms with E-state index >= 15 is 0 Å². The van der Waals surface area contributed by atoms with Crippen molar-refractivity contribution in [3.63, 3.8) is 0 Å². The number of urea groups is 1. The van der Waals surface area contributed by atoms with Gasteiger partial charge in [0.05, 0.1) is 6.10 Å². The van der Waals surface area contributed by atoms with E-state index in [-0.39, 0.29) is 12.1 Å². The maximum Gasteiger partial charge on any atom is 0.321 e. The van der Waals surface area contributed by atoms with Crippen molar-refractivity contribution in [2.75, 3.05) is 19.4 Å². The number of hydrogen-bond acceptors (Lipinski definition) is 2. The van der Waals surface area contributed by atoms with Crippen LogP contribution in [0.15, 0.2) is 54.6 Å². The number of hydrogen-bond donors (Lipinski definition) is 1. The molecule has 2 amide bonds. The minimum absolute atomic E-state index is 0.0876. The van der Waals surface area contributed by atoms with E-state index < -0.39 is 0 Å². The van der Waals surface area contributed by atoms with E-state index in [1.165, 1.54) is 10.5 Å². The standard InChI is InChI=1S/C18H22N2O2/c1-14(13-15-7-5-4-6-8-15)22-17-11-9-16(10-12-17)19-18(21)20(2)3/h4-12,14H,13H2,1-3H3,(H,19,21). The van der Waals surface area contributed by atoms with Crippen LogP contribution in [0.5, 0.6) is 5.75 Å². The van der Waals surface area contributed by atoms with Gasteiger partial charge < -0.3 is 15.0 Å². The molecule has 0 spiro atoms. The largest absolute Gasteiger partial charge is 0.490 e. The Morgan fingerprint density at radius 3 is 2.32 bits per heavy atom. The van der Waals surface area contributed by atoms with Gasteiger partial charge in [0, 0.05) is 26.2 Å². The van der Waals surface area contributed by atoms with Crippen molar-refractivity contribution >= 4 is 11.7 Å². The Hall–Kier alpha value is -2.49. The second kappa shape index (κ2) is 7.50. The summed E-state index contributed by atoms with van der Waals surface area (Å²) in [4.78, 5) is 13.1. The van der Waals surface area contributed by atoms with Crippen LogP contribution < -0.4 is 10.1 Å². The van der Waals surface area contributed by atoms with Crippen molar-refractivity contribution in [2.24, 2.45) is 0 Å². The Balaban J connectivity index is 1.89. The number of ether oxygens (including phenoxy) is 1. The van der Waals surface area contributed by atoms with Gasteiger partial charge in [0.2, 0.25) is 0 Å². The molecule has 4 nitrogen and oxygen atoms in total. The summed E-state index contributed by atoms with van der Waals surface area (Å²) < 4.78 is 5.90. The number of rotatable bonds is 5. The highest BCUT2D eigenvalue weighted by Gasteiger charge is 2.07. The smallest absolute Gasteiger partial charge is 0.321 e. The molecule has 22 heavy (non-hydrogen) atoms. The molecular weight excluding hydrogens is 276 g/mol. The van der Waals surface area contributed by atoms with Gasteiger partial charge in [-0.15, -0.1) is 0 Å². The first-order valence-corrected chi connectivity index (χ1v) is 7.33. The SMILES string of the molecule is CC(Cc1ccccc1)Oc1ccc(NC(=O)N(C)C)cc1. The Bertz CT molecular complexity index is 594. The van der Waals surface area contributed by atoms with E-state index in [0.29, 0.717) is 0 Å². The number of anilines is 1. The number of amides is 2. The third-order valence-corrected chi connectivity index (χ3v) is 3.22. The predicted molar refractivity (Wildman–Crippen MR) is 89.4 cm³/mol. The van der Waals surface area contributed by atoms with E-state index in [0.717, 1.165) is 17.9 Å². The van der Waals surface area contributed by atoms with Crippen molar-refractivity contribution in [1.29, 1.82) is 0 Å². The summed E-state index contributed by atoms with van der Waals surface area (Å²) in [6, 6.07) is 17.5. The lowest BCUT2D eigenvalue weighted by Crippen LogP contribution is -2.27. The average Bonchev–Trinajstić information content (AvgIpc) is 2.50. The van der Waals surface area contributed by atoms with Crippen LogP contribution in [-0.2, 0) is 6.42 Å². The maximum absolute atomic E-state index is 11.6. The van der Waals surface area contributed by atoms with Gasteiger partial charge in [0.15, 0.2) is 0 Å². The molecule has 0 saturated heterocycles. The van der Waals surface area contributed by atoms with Crippen LogP contribution in [0.2, 0.25) is 0 Å². The minimum Gasteiger partial charge on any atom is -0.490 e. The average molecular weight is 298 g/mol. The van der Waals surface area contributed by atoms with Crippen LogP contribution in [0.25, 0.3) is 0 Å². The van der Waals surface area contributed by atoms with Crippen molar-refractivity contribution < 1.29 is 9.53 Å². The Kier molecular flexibility index (Phi) is 5.42. The van der Waals surface area contributed by atoms with Crippen molar-refractivity contribution in [3.8, 4) is 5.75 Å². The first-order chi connectivity index (χ1) is 10.5. The second-order valence-electron chi connectivity index (χ2n) is 5.47. The molecule has 1 atom stereocenters. The molecule has 0 aliphatic heterocycles. The number of nitrogens with zero attached hydrogens (tertiary/aromatic N) is 1. The van der Waals surface area contributed by atoms with E-state index in [9.17, 15) is 4.79 Å². The Morgan fingerprint density at radius 2 is 1.73 bits per heavy atom. The summed E-state index contributed by atoms with van der Waals surface area (Å²) in [6.45, 7) is 2.05. The molecule has 2 rings (SSSR count). The molecule has 2 aromatic carbocycles. The fourth-order valence-electron chi connectivity index (χ4n) is 2.07. The molecular formula is C18H22N2O2. The van der Waals surface area contributed by atoms with E-state index in [1.54, 1.807) is 14.1 Å². The molecule has 116 valence electrons. The fourth-order valence-corrected chi connectivity index (χ4v) is 2.07. The zero-order chi connectivity index (χ0) is 15.9. The molecule has 0 aliphatic carbocycles. The van der Waals surface area contributed by atoms with Crippen LogP contribution in [0.1, 0.15) is 12.5 Å². The predicted octanol–water partition coefficient (Wildman–Crippen LogP) is 3.79. The van der Waals surface area contributed by atoms with Gasteiger partial charge >= 0.3 is 6.03 Å².